The summed E-state index contributed by atoms with van der Waals surface area (Å²) in [5.74, 6) is -0.0968. The van der Waals surface area contributed by atoms with Crippen LogP contribution in [-0.2, 0) is 19.2 Å². The molecule has 4 nitrogen and oxygen atoms in total. The molecule has 0 radical (unpaired) electrons. The summed E-state index contributed by atoms with van der Waals surface area (Å²) in [7, 11) is 1.82. The standard InChI is InChI=1S/C13H16F2N4S.ClH/c1-8-3-4-10(14)9(12(8)15)7-20-13-18-17-11(5-6-16)19(13)2;/h3-4H,5-7,16H2,1-2H3;1H. The van der Waals surface area contributed by atoms with E-state index in [9.17, 15) is 8.78 Å². The molecule has 8 heteroatoms. The van der Waals surface area contributed by atoms with Gasteiger partial charge >= 0.3 is 0 Å². The fourth-order valence-corrected chi connectivity index (χ4v) is 2.74. The molecule has 1 heterocycles. The van der Waals surface area contributed by atoms with Crippen LogP contribution in [0.2, 0.25) is 0 Å². The van der Waals surface area contributed by atoms with Gasteiger partial charge in [-0.15, -0.1) is 22.6 Å². The van der Waals surface area contributed by atoms with Crippen LogP contribution >= 0.6 is 24.2 Å². The number of thioether (sulfide) groups is 1. The Kier molecular flexibility index (Phi) is 6.57. The van der Waals surface area contributed by atoms with Crippen molar-refractivity contribution in [1.82, 2.24) is 14.8 Å². The lowest BCUT2D eigenvalue weighted by atomic mass is 10.1. The fraction of sp³-hybridized carbons (Fsp3) is 0.385. The van der Waals surface area contributed by atoms with Gasteiger partial charge in [-0.25, -0.2) is 8.78 Å². The summed E-state index contributed by atoms with van der Waals surface area (Å²) in [6.07, 6.45) is 0.622. The van der Waals surface area contributed by atoms with Crippen LogP contribution in [0.1, 0.15) is 17.0 Å². The summed E-state index contributed by atoms with van der Waals surface area (Å²) in [6, 6.07) is 2.71. The Morgan fingerprint density at radius 3 is 2.67 bits per heavy atom. The van der Waals surface area contributed by atoms with Gasteiger partial charge < -0.3 is 10.3 Å². The zero-order valence-corrected chi connectivity index (χ0v) is 13.4. The lowest BCUT2D eigenvalue weighted by Gasteiger charge is -2.07. The van der Waals surface area contributed by atoms with Gasteiger partial charge in [0.25, 0.3) is 0 Å². The van der Waals surface area contributed by atoms with Crippen LogP contribution in [0.25, 0.3) is 0 Å². The zero-order chi connectivity index (χ0) is 14.7. The lowest BCUT2D eigenvalue weighted by molar-refractivity contribution is 0.560. The minimum Gasteiger partial charge on any atom is -0.330 e. The van der Waals surface area contributed by atoms with Crippen molar-refractivity contribution < 1.29 is 8.78 Å². The Morgan fingerprint density at radius 1 is 1.29 bits per heavy atom. The molecule has 1 aromatic heterocycles. The quantitative estimate of drug-likeness (QED) is 0.854. The Hall–Kier alpha value is -1.18. The first kappa shape index (κ1) is 17.9. The average molecular weight is 335 g/mol. The van der Waals surface area contributed by atoms with E-state index < -0.39 is 11.6 Å². The monoisotopic (exact) mass is 334 g/mol. The van der Waals surface area contributed by atoms with Crippen molar-refractivity contribution in [3.63, 3.8) is 0 Å². The number of nitrogens with two attached hydrogens (primary N) is 1. The van der Waals surface area contributed by atoms with Crippen molar-refractivity contribution in [3.8, 4) is 0 Å². The molecular weight excluding hydrogens is 318 g/mol. The molecule has 0 bridgehead atoms. The van der Waals surface area contributed by atoms with Gasteiger partial charge in [0.2, 0.25) is 0 Å². The van der Waals surface area contributed by atoms with Gasteiger partial charge in [0.1, 0.15) is 17.5 Å². The molecule has 0 spiro atoms. The van der Waals surface area contributed by atoms with Crippen LogP contribution in [0.4, 0.5) is 8.78 Å². The highest BCUT2D eigenvalue weighted by Crippen LogP contribution is 2.25. The molecule has 0 amide bonds. The molecule has 0 saturated heterocycles. The number of rotatable bonds is 5. The maximum absolute atomic E-state index is 13.9. The van der Waals surface area contributed by atoms with Gasteiger partial charge in [-0.05, 0) is 25.1 Å². The number of aromatic nitrogens is 3. The third-order valence-electron chi connectivity index (χ3n) is 3.02. The predicted molar refractivity (Wildman–Crippen MR) is 81.7 cm³/mol. The summed E-state index contributed by atoms with van der Waals surface area (Å²) in [6.45, 7) is 2.10. The molecule has 21 heavy (non-hydrogen) atoms. The molecule has 0 unspecified atom stereocenters. The Bertz CT molecular complexity index is 618. The average Bonchev–Trinajstić information content (AvgIpc) is 2.76. The zero-order valence-electron chi connectivity index (χ0n) is 11.8. The molecule has 2 N–H and O–H groups in total. The third kappa shape index (κ3) is 3.93. The SMILES string of the molecule is Cc1ccc(F)c(CSc2nnc(CCN)n2C)c1F.Cl. The van der Waals surface area contributed by atoms with Gasteiger partial charge in [0.05, 0.1) is 0 Å². The third-order valence-corrected chi connectivity index (χ3v) is 4.06. The first-order valence-corrected chi connectivity index (χ1v) is 7.17. The number of benzene rings is 1. The van der Waals surface area contributed by atoms with E-state index in [1.807, 2.05) is 7.05 Å². The molecule has 0 aliphatic carbocycles. The van der Waals surface area contributed by atoms with Crippen LogP contribution in [0.15, 0.2) is 17.3 Å². The van der Waals surface area contributed by atoms with Crippen LogP contribution in [0.5, 0.6) is 0 Å². The van der Waals surface area contributed by atoms with E-state index in [0.717, 1.165) is 5.82 Å². The lowest BCUT2D eigenvalue weighted by Crippen LogP contribution is -2.08. The highest BCUT2D eigenvalue weighted by Gasteiger charge is 2.14. The van der Waals surface area contributed by atoms with Gasteiger partial charge in [-0.3, -0.25) is 0 Å². The van der Waals surface area contributed by atoms with E-state index in [1.165, 1.54) is 23.9 Å². The van der Waals surface area contributed by atoms with E-state index in [-0.39, 0.29) is 23.7 Å². The smallest absolute Gasteiger partial charge is 0.191 e. The van der Waals surface area contributed by atoms with Gasteiger partial charge in [0.15, 0.2) is 5.16 Å². The minimum absolute atomic E-state index is 0. The molecule has 0 saturated carbocycles. The topological polar surface area (TPSA) is 56.7 Å². The largest absolute Gasteiger partial charge is 0.330 e. The van der Waals surface area contributed by atoms with Crippen molar-refractivity contribution in [3.05, 3.63) is 40.7 Å². The van der Waals surface area contributed by atoms with Crippen molar-refractivity contribution in [2.75, 3.05) is 6.54 Å². The maximum atomic E-state index is 13.9. The van der Waals surface area contributed by atoms with Crippen molar-refractivity contribution in [2.45, 2.75) is 24.3 Å². The second-order valence-corrected chi connectivity index (χ2v) is 5.38. The molecule has 0 fully saturated rings. The van der Waals surface area contributed by atoms with Crippen LogP contribution < -0.4 is 5.73 Å². The molecule has 0 aliphatic heterocycles. The van der Waals surface area contributed by atoms with E-state index in [0.29, 0.717) is 23.7 Å². The van der Waals surface area contributed by atoms with E-state index in [1.54, 1.807) is 11.5 Å². The van der Waals surface area contributed by atoms with Crippen LogP contribution in [-0.4, -0.2) is 21.3 Å². The Morgan fingerprint density at radius 2 is 2.00 bits per heavy atom. The number of hydrogen-bond acceptors (Lipinski definition) is 4. The summed E-state index contributed by atoms with van der Waals surface area (Å²) in [5.41, 5.74) is 5.97. The second kappa shape index (κ2) is 7.72. The molecule has 0 atom stereocenters. The Labute approximate surface area is 132 Å². The van der Waals surface area contributed by atoms with E-state index in [4.69, 9.17) is 5.73 Å². The number of halogens is 3. The number of aryl methyl sites for hydroxylation is 1. The van der Waals surface area contributed by atoms with Gasteiger partial charge in [-0.2, -0.15) is 0 Å². The summed E-state index contributed by atoms with van der Waals surface area (Å²) < 4.78 is 29.3. The molecule has 1 aromatic carbocycles. The summed E-state index contributed by atoms with van der Waals surface area (Å²) in [5, 5.41) is 8.63. The first-order chi connectivity index (χ1) is 9.54. The highest BCUT2D eigenvalue weighted by atomic mass is 35.5. The predicted octanol–water partition coefficient (Wildman–Crippen LogP) is 2.62. The summed E-state index contributed by atoms with van der Waals surface area (Å²) >= 11 is 1.25. The number of hydrogen-bond donors (Lipinski definition) is 1. The van der Waals surface area contributed by atoms with Crippen molar-refractivity contribution in [2.24, 2.45) is 12.8 Å². The van der Waals surface area contributed by atoms with Gasteiger partial charge in [0, 0.05) is 24.8 Å². The Balaban J connectivity index is 0.00000220. The fourth-order valence-electron chi connectivity index (χ4n) is 1.80. The first-order valence-electron chi connectivity index (χ1n) is 6.19. The molecular formula is C13H17ClF2N4S. The molecule has 2 rings (SSSR count). The van der Waals surface area contributed by atoms with Crippen LogP contribution in [0, 0.1) is 18.6 Å². The minimum atomic E-state index is -0.537. The summed E-state index contributed by atoms with van der Waals surface area (Å²) in [4.78, 5) is 0. The molecule has 116 valence electrons. The van der Waals surface area contributed by atoms with E-state index in [2.05, 4.69) is 10.2 Å². The molecule has 0 aliphatic rings. The normalized spacial score (nSPS) is 10.5. The number of nitrogens with zero attached hydrogens (tertiary/aromatic N) is 3. The van der Waals surface area contributed by atoms with Crippen molar-refractivity contribution in [1.29, 1.82) is 0 Å². The van der Waals surface area contributed by atoms with Gasteiger partial charge in [-0.1, -0.05) is 17.8 Å². The maximum Gasteiger partial charge on any atom is 0.191 e. The van der Waals surface area contributed by atoms with E-state index >= 15 is 0 Å². The van der Waals surface area contributed by atoms with Crippen molar-refractivity contribution >= 4 is 24.2 Å². The molecule has 2 aromatic rings. The highest BCUT2D eigenvalue weighted by molar-refractivity contribution is 7.98. The second-order valence-electron chi connectivity index (χ2n) is 4.44. The van der Waals surface area contributed by atoms with Crippen LogP contribution in [0.3, 0.4) is 0 Å².